The van der Waals surface area contributed by atoms with Crippen molar-refractivity contribution in [1.29, 1.82) is 0 Å². The fourth-order valence-corrected chi connectivity index (χ4v) is 3.54. The van der Waals surface area contributed by atoms with Gasteiger partial charge < -0.3 is 9.47 Å². The van der Waals surface area contributed by atoms with Gasteiger partial charge in [0.2, 0.25) is 6.79 Å². The van der Waals surface area contributed by atoms with Gasteiger partial charge in [0.1, 0.15) is 0 Å². The first-order valence-electron chi connectivity index (χ1n) is 8.97. The fraction of sp³-hybridized carbons (Fsp3) is 0.632. The van der Waals surface area contributed by atoms with Gasteiger partial charge >= 0.3 is 0 Å². The van der Waals surface area contributed by atoms with Crippen LogP contribution < -0.4 is 9.47 Å². The molecule has 1 unspecified atom stereocenters. The lowest BCUT2D eigenvalue weighted by atomic mass is 9.95. The van der Waals surface area contributed by atoms with E-state index >= 15 is 0 Å². The number of ether oxygens (including phenoxy) is 2. The fourth-order valence-electron chi connectivity index (χ4n) is 3.54. The number of halogens is 1. The minimum atomic E-state index is 0. The highest BCUT2D eigenvalue weighted by Crippen LogP contribution is 2.33. The molecule has 0 aliphatic carbocycles. The first-order valence-corrected chi connectivity index (χ1v) is 8.97. The second kappa shape index (κ2) is 9.28. The molecule has 0 radical (unpaired) electrons. The lowest BCUT2D eigenvalue weighted by molar-refractivity contribution is 0.0764. The number of fused-ring (bicyclic) bond motifs is 1. The standard InChI is InChI=1S/C19H27NO3.ClH/c1-2-3-5-8-16(20-11-6-4-7-12-20)19(21)15-9-10-17-18(13-15)23-14-22-17;/h9-10,13,16H,2-8,11-12,14H2,1H3;1H. The molecule has 134 valence electrons. The first-order chi connectivity index (χ1) is 11.3. The Labute approximate surface area is 150 Å². The average Bonchev–Trinajstić information content (AvgIpc) is 3.06. The Morgan fingerprint density at radius 2 is 1.88 bits per heavy atom. The molecule has 1 aromatic carbocycles. The summed E-state index contributed by atoms with van der Waals surface area (Å²) in [6.07, 6.45) is 8.16. The summed E-state index contributed by atoms with van der Waals surface area (Å²) in [6, 6.07) is 5.60. The van der Waals surface area contributed by atoms with Crippen molar-refractivity contribution in [3.8, 4) is 11.5 Å². The largest absolute Gasteiger partial charge is 0.454 e. The second-order valence-electron chi connectivity index (χ2n) is 6.54. The van der Waals surface area contributed by atoms with Crippen molar-refractivity contribution in [2.45, 2.75) is 57.9 Å². The summed E-state index contributed by atoms with van der Waals surface area (Å²) in [7, 11) is 0. The third kappa shape index (κ3) is 4.42. The topological polar surface area (TPSA) is 38.8 Å². The van der Waals surface area contributed by atoms with Gasteiger partial charge in [0.05, 0.1) is 6.04 Å². The lowest BCUT2D eigenvalue weighted by Crippen LogP contribution is -2.44. The predicted octanol–water partition coefficient (Wildman–Crippen LogP) is 4.45. The van der Waals surface area contributed by atoms with Gasteiger partial charge in [0.25, 0.3) is 0 Å². The molecule has 3 rings (SSSR count). The summed E-state index contributed by atoms with van der Waals surface area (Å²) in [5, 5.41) is 0. The highest BCUT2D eigenvalue weighted by molar-refractivity contribution is 6.00. The predicted molar refractivity (Wildman–Crippen MR) is 97.5 cm³/mol. The van der Waals surface area contributed by atoms with E-state index in [1.54, 1.807) is 0 Å². The van der Waals surface area contributed by atoms with Crippen LogP contribution in [0.25, 0.3) is 0 Å². The Balaban J connectivity index is 0.00000208. The van der Waals surface area contributed by atoms with Crippen LogP contribution in [0.3, 0.4) is 0 Å². The minimum absolute atomic E-state index is 0. The van der Waals surface area contributed by atoms with E-state index in [2.05, 4.69) is 11.8 Å². The molecule has 1 fully saturated rings. The summed E-state index contributed by atoms with van der Waals surface area (Å²) in [5.74, 6) is 1.67. The van der Waals surface area contributed by atoms with Crippen LogP contribution in [0.5, 0.6) is 11.5 Å². The van der Waals surface area contributed by atoms with Gasteiger partial charge in [-0.15, -0.1) is 12.4 Å². The van der Waals surface area contributed by atoms with Crippen LogP contribution in [0.2, 0.25) is 0 Å². The number of hydrogen-bond donors (Lipinski definition) is 0. The Morgan fingerprint density at radius 3 is 2.62 bits per heavy atom. The maximum absolute atomic E-state index is 13.1. The van der Waals surface area contributed by atoms with Crippen molar-refractivity contribution in [2.75, 3.05) is 19.9 Å². The molecule has 0 amide bonds. The maximum atomic E-state index is 13.1. The summed E-state index contributed by atoms with van der Waals surface area (Å²) in [4.78, 5) is 15.5. The van der Waals surface area contributed by atoms with Crippen LogP contribution in [-0.4, -0.2) is 36.6 Å². The molecule has 1 atom stereocenters. The Hall–Kier alpha value is -1.26. The van der Waals surface area contributed by atoms with Crippen LogP contribution in [0.1, 0.15) is 62.2 Å². The van der Waals surface area contributed by atoms with Gasteiger partial charge in [-0.25, -0.2) is 0 Å². The van der Waals surface area contributed by atoms with Crippen molar-refractivity contribution >= 4 is 18.2 Å². The molecule has 4 nitrogen and oxygen atoms in total. The van der Waals surface area contributed by atoms with Crippen LogP contribution in [0, 0.1) is 0 Å². The Morgan fingerprint density at radius 1 is 1.12 bits per heavy atom. The number of Topliss-reactive ketones (excluding diaryl/α,β-unsaturated/α-hetero) is 1. The number of carbonyl (C=O) groups excluding carboxylic acids is 1. The van der Waals surface area contributed by atoms with Crippen molar-refractivity contribution in [2.24, 2.45) is 0 Å². The second-order valence-corrected chi connectivity index (χ2v) is 6.54. The van der Waals surface area contributed by atoms with Gasteiger partial charge in [-0.05, 0) is 50.6 Å². The number of benzene rings is 1. The molecule has 1 saturated heterocycles. The normalized spacial score (nSPS) is 18.0. The lowest BCUT2D eigenvalue weighted by Gasteiger charge is -2.33. The molecule has 0 saturated carbocycles. The quantitative estimate of drug-likeness (QED) is 0.536. The maximum Gasteiger partial charge on any atom is 0.231 e. The molecule has 0 aromatic heterocycles. The van der Waals surface area contributed by atoms with E-state index in [0.29, 0.717) is 5.75 Å². The number of piperidine rings is 1. The summed E-state index contributed by atoms with van der Waals surface area (Å²) in [5.41, 5.74) is 0.751. The van der Waals surface area contributed by atoms with Gasteiger partial charge in [-0.1, -0.05) is 32.6 Å². The van der Waals surface area contributed by atoms with Gasteiger partial charge in [-0.3, -0.25) is 9.69 Å². The number of unbranched alkanes of at least 4 members (excludes halogenated alkanes) is 2. The number of carbonyl (C=O) groups is 1. The van der Waals surface area contributed by atoms with Crippen molar-refractivity contribution in [3.05, 3.63) is 23.8 Å². The molecule has 0 N–H and O–H groups in total. The molecule has 24 heavy (non-hydrogen) atoms. The first kappa shape index (κ1) is 19.1. The summed E-state index contributed by atoms with van der Waals surface area (Å²) in [6.45, 7) is 4.55. The number of nitrogens with zero attached hydrogens (tertiary/aromatic N) is 1. The van der Waals surface area contributed by atoms with Gasteiger partial charge in [0, 0.05) is 5.56 Å². The highest BCUT2D eigenvalue weighted by Gasteiger charge is 2.28. The van der Waals surface area contributed by atoms with Gasteiger partial charge in [-0.2, -0.15) is 0 Å². The molecule has 5 heteroatoms. The zero-order chi connectivity index (χ0) is 16.1. The molecule has 2 aliphatic heterocycles. The van der Waals surface area contributed by atoms with Crippen molar-refractivity contribution in [1.82, 2.24) is 4.90 Å². The van der Waals surface area contributed by atoms with Crippen molar-refractivity contribution in [3.63, 3.8) is 0 Å². The van der Waals surface area contributed by atoms with E-state index in [1.807, 2.05) is 18.2 Å². The van der Waals surface area contributed by atoms with E-state index in [1.165, 1.54) is 32.1 Å². The molecule has 0 bridgehead atoms. The molecular weight excluding hydrogens is 326 g/mol. The Kier molecular flexibility index (Phi) is 7.38. The van der Waals surface area contributed by atoms with E-state index in [4.69, 9.17) is 9.47 Å². The van der Waals surface area contributed by atoms with Gasteiger partial charge in [0.15, 0.2) is 17.3 Å². The van der Waals surface area contributed by atoms with E-state index < -0.39 is 0 Å². The molecule has 0 spiro atoms. The molecular formula is C19H28ClNO3. The third-order valence-corrected chi connectivity index (χ3v) is 4.87. The molecule has 2 aliphatic rings. The number of hydrogen-bond acceptors (Lipinski definition) is 4. The highest BCUT2D eigenvalue weighted by atomic mass is 35.5. The third-order valence-electron chi connectivity index (χ3n) is 4.87. The van der Waals surface area contributed by atoms with Crippen LogP contribution in [0.4, 0.5) is 0 Å². The Bertz CT molecular complexity index is 543. The zero-order valence-electron chi connectivity index (χ0n) is 14.5. The van der Waals surface area contributed by atoms with E-state index in [9.17, 15) is 4.79 Å². The molecule has 1 aromatic rings. The average molecular weight is 354 g/mol. The number of likely N-dealkylation sites (tertiary alicyclic amines) is 1. The van der Waals surface area contributed by atoms with E-state index in [0.717, 1.165) is 37.2 Å². The van der Waals surface area contributed by atoms with Crippen molar-refractivity contribution < 1.29 is 14.3 Å². The van der Waals surface area contributed by atoms with E-state index in [-0.39, 0.29) is 31.0 Å². The SMILES string of the molecule is CCCCCC(C(=O)c1ccc2c(c1)OCO2)N1CCCCC1.Cl. The smallest absolute Gasteiger partial charge is 0.231 e. The van der Waals surface area contributed by atoms with Crippen LogP contribution >= 0.6 is 12.4 Å². The monoisotopic (exact) mass is 353 g/mol. The zero-order valence-corrected chi connectivity index (χ0v) is 15.3. The molecule has 2 heterocycles. The number of ketones is 1. The minimum Gasteiger partial charge on any atom is -0.454 e. The summed E-state index contributed by atoms with van der Waals surface area (Å²) >= 11 is 0. The number of rotatable bonds is 7. The van der Waals surface area contributed by atoms with Crippen LogP contribution in [-0.2, 0) is 0 Å². The van der Waals surface area contributed by atoms with Crippen LogP contribution in [0.15, 0.2) is 18.2 Å². The summed E-state index contributed by atoms with van der Waals surface area (Å²) < 4.78 is 10.8.